The molecule has 0 saturated heterocycles. The number of benzene rings is 1. The van der Waals surface area contributed by atoms with Crippen LogP contribution >= 0.6 is 0 Å². The van der Waals surface area contributed by atoms with Gasteiger partial charge in [0.1, 0.15) is 0 Å². The molecule has 2 nitrogen and oxygen atoms in total. The number of nitrogens with two attached hydrogens (primary N) is 1. The van der Waals surface area contributed by atoms with Crippen molar-refractivity contribution in [3.63, 3.8) is 0 Å². The summed E-state index contributed by atoms with van der Waals surface area (Å²) in [4.78, 5) is 1.98. The Bertz CT molecular complexity index is 454. The second-order valence-electron chi connectivity index (χ2n) is 5.19. The molecule has 110 valence electrons. The van der Waals surface area contributed by atoms with Gasteiger partial charge in [-0.3, -0.25) is 4.90 Å². The summed E-state index contributed by atoms with van der Waals surface area (Å²) in [7, 11) is 0. The van der Waals surface area contributed by atoms with Crippen LogP contribution in [0.25, 0.3) is 0 Å². The highest BCUT2D eigenvalue weighted by Crippen LogP contribution is 2.30. The average molecular weight is 284 g/mol. The van der Waals surface area contributed by atoms with E-state index in [2.05, 4.69) is 0 Å². The zero-order valence-electron chi connectivity index (χ0n) is 11.2. The molecule has 1 heterocycles. The zero-order valence-corrected chi connectivity index (χ0v) is 11.2. The fraction of sp³-hybridized carbons (Fsp3) is 0.467. The minimum absolute atomic E-state index is 0.0571. The first-order valence-electron chi connectivity index (χ1n) is 6.73. The molecule has 1 aromatic carbocycles. The van der Waals surface area contributed by atoms with Crippen LogP contribution in [0.2, 0.25) is 0 Å². The Labute approximate surface area is 117 Å². The molecular weight excluding hydrogens is 265 g/mol. The van der Waals surface area contributed by atoms with Gasteiger partial charge in [0.2, 0.25) is 0 Å². The first kappa shape index (κ1) is 15.1. The SMILES string of the molecule is NC(Cc1ccccc1)CN1CC=C(C(F)(F)F)CC1. The summed E-state index contributed by atoms with van der Waals surface area (Å²) in [5.41, 5.74) is 6.82. The van der Waals surface area contributed by atoms with Gasteiger partial charge in [-0.05, 0) is 18.4 Å². The molecule has 20 heavy (non-hydrogen) atoms. The van der Waals surface area contributed by atoms with Crippen molar-refractivity contribution in [1.82, 2.24) is 4.90 Å². The van der Waals surface area contributed by atoms with Crippen LogP contribution < -0.4 is 5.73 Å². The summed E-state index contributed by atoms with van der Waals surface area (Å²) < 4.78 is 37.5. The van der Waals surface area contributed by atoms with E-state index < -0.39 is 11.7 Å². The molecule has 1 atom stereocenters. The minimum atomic E-state index is -4.18. The minimum Gasteiger partial charge on any atom is -0.326 e. The number of rotatable bonds is 4. The van der Waals surface area contributed by atoms with E-state index in [-0.39, 0.29) is 12.5 Å². The van der Waals surface area contributed by atoms with E-state index in [0.717, 1.165) is 12.0 Å². The summed E-state index contributed by atoms with van der Waals surface area (Å²) in [6.45, 7) is 1.38. The van der Waals surface area contributed by atoms with Crippen LogP contribution in [-0.2, 0) is 6.42 Å². The highest BCUT2D eigenvalue weighted by molar-refractivity contribution is 5.16. The van der Waals surface area contributed by atoms with Crippen LogP contribution in [0, 0.1) is 0 Å². The van der Waals surface area contributed by atoms with E-state index in [1.807, 2.05) is 35.2 Å². The lowest BCUT2D eigenvalue weighted by atomic mass is 10.0. The van der Waals surface area contributed by atoms with Gasteiger partial charge in [-0.1, -0.05) is 36.4 Å². The van der Waals surface area contributed by atoms with Gasteiger partial charge in [0.15, 0.2) is 0 Å². The summed E-state index contributed by atoms with van der Waals surface area (Å²) in [5, 5.41) is 0. The molecule has 0 spiro atoms. The summed E-state index contributed by atoms with van der Waals surface area (Å²) >= 11 is 0. The maximum atomic E-state index is 12.5. The van der Waals surface area contributed by atoms with E-state index in [1.54, 1.807) is 0 Å². The Hall–Kier alpha value is -1.33. The Morgan fingerprint density at radius 3 is 2.45 bits per heavy atom. The first-order valence-corrected chi connectivity index (χ1v) is 6.73. The number of hydrogen-bond acceptors (Lipinski definition) is 2. The molecule has 0 fully saturated rings. The molecule has 0 amide bonds. The van der Waals surface area contributed by atoms with Crippen LogP contribution in [0.15, 0.2) is 42.0 Å². The fourth-order valence-corrected chi connectivity index (χ4v) is 2.45. The van der Waals surface area contributed by atoms with E-state index in [9.17, 15) is 13.2 Å². The van der Waals surface area contributed by atoms with Crippen LogP contribution in [-0.4, -0.2) is 36.8 Å². The van der Waals surface area contributed by atoms with Crippen molar-refractivity contribution in [3.05, 3.63) is 47.5 Å². The van der Waals surface area contributed by atoms with Crippen LogP contribution in [0.5, 0.6) is 0 Å². The first-order chi connectivity index (χ1) is 9.45. The van der Waals surface area contributed by atoms with Crippen molar-refractivity contribution in [1.29, 1.82) is 0 Å². The van der Waals surface area contributed by atoms with Gasteiger partial charge >= 0.3 is 6.18 Å². The van der Waals surface area contributed by atoms with Gasteiger partial charge in [0.05, 0.1) is 0 Å². The Morgan fingerprint density at radius 1 is 1.20 bits per heavy atom. The third-order valence-electron chi connectivity index (χ3n) is 3.49. The third-order valence-corrected chi connectivity index (χ3v) is 3.49. The molecule has 1 aliphatic heterocycles. The summed E-state index contributed by atoms with van der Waals surface area (Å²) in [6.07, 6.45) is -2.11. The van der Waals surface area contributed by atoms with Crippen molar-refractivity contribution in [2.45, 2.75) is 25.1 Å². The second-order valence-corrected chi connectivity index (χ2v) is 5.19. The number of hydrogen-bond donors (Lipinski definition) is 1. The Kier molecular flexibility index (Phi) is 4.83. The standard InChI is InChI=1S/C15H19F3N2/c16-15(17,18)13-6-8-20(9-7-13)11-14(19)10-12-4-2-1-3-5-12/h1-6,14H,7-11,19H2. The number of nitrogens with zero attached hydrogens (tertiary/aromatic N) is 1. The molecule has 0 aliphatic carbocycles. The van der Waals surface area contributed by atoms with Crippen molar-refractivity contribution in [2.75, 3.05) is 19.6 Å². The van der Waals surface area contributed by atoms with Gasteiger partial charge < -0.3 is 5.73 Å². The summed E-state index contributed by atoms with van der Waals surface area (Å²) in [6, 6.07) is 9.83. The Balaban J connectivity index is 1.82. The van der Waals surface area contributed by atoms with E-state index >= 15 is 0 Å². The lowest BCUT2D eigenvalue weighted by molar-refractivity contribution is -0.0960. The highest BCUT2D eigenvalue weighted by atomic mass is 19.4. The second kappa shape index (κ2) is 6.41. The van der Waals surface area contributed by atoms with Crippen LogP contribution in [0.3, 0.4) is 0 Å². The van der Waals surface area contributed by atoms with Gasteiger partial charge in [-0.15, -0.1) is 0 Å². The van der Waals surface area contributed by atoms with E-state index in [4.69, 9.17) is 5.73 Å². The lowest BCUT2D eigenvalue weighted by Gasteiger charge is -2.29. The van der Waals surface area contributed by atoms with Crippen LogP contribution in [0.1, 0.15) is 12.0 Å². The average Bonchev–Trinajstić information content (AvgIpc) is 2.39. The van der Waals surface area contributed by atoms with Crippen molar-refractivity contribution in [3.8, 4) is 0 Å². The lowest BCUT2D eigenvalue weighted by Crippen LogP contribution is -2.41. The van der Waals surface area contributed by atoms with Crippen molar-refractivity contribution < 1.29 is 13.2 Å². The van der Waals surface area contributed by atoms with Crippen molar-refractivity contribution in [2.24, 2.45) is 5.73 Å². The molecule has 0 aromatic heterocycles. The molecule has 2 rings (SSSR count). The normalized spacial score (nSPS) is 18.7. The molecule has 0 saturated carbocycles. The van der Waals surface area contributed by atoms with Gasteiger partial charge in [-0.2, -0.15) is 13.2 Å². The Morgan fingerprint density at radius 2 is 1.90 bits per heavy atom. The maximum Gasteiger partial charge on any atom is 0.412 e. The molecule has 2 N–H and O–H groups in total. The fourth-order valence-electron chi connectivity index (χ4n) is 2.45. The molecule has 1 aliphatic rings. The summed E-state index contributed by atoms with van der Waals surface area (Å²) in [5.74, 6) is 0. The molecule has 0 radical (unpaired) electrons. The maximum absolute atomic E-state index is 12.5. The monoisotopic (exact) mass is 284 g/mol. The molecule has 1 aromatic rings. The van der Waals surface area contributed by atoms with Crippen LogP contribution in [0.4, 0.5) is 13.2 Å². The molecule has 1 unspecified atom stereocenters. The van der Waals surface area contributed by atoms with E-state index in [0.29, 0.717) is 19.6 Å². The van der Waals surface area contributed by atoms with Crippen molar-refractivity contribution >= 4 is 0 Å². The highest BCUT2D eigenvalue weighted by Gasteiger charge is 2.34. The largest absolute Gasteiger partial charge is 0.412 e. The number of halogens is 3. The smallest absolute Gasteiger partial charge is 0.326 e. The predicted octanol–water partition coefficient (Wildman–Crippen LogP) is 2.75. The van der Waals surface area contributed by atoms with Gasteiger partial charge in [0.25, 0.3) is 0 Å². The van der Waals surface area contributed by atoms with E-state index in [1.165, 1.54) is 6.08 Å². The zero-order chi connectivity index (χ0) is 14.6. The number of alkyl halides is 3. The molecule has 0 bridgehead atoms. The quantitative estimate of drug-likeness (QED) is 0.861. The third kappa shape index (κ3) is 4.35. The predicted molar refractivity (Wildman–Crippen MR) is 73.3 cm³/mol. The molecular formula is C15H19F3N2. The molecule has 5 heteroatoms. The van der Waals surface area contributed by atoms with Gasteiger partial charge in [-0.25, -0.2) is 0 Å². The topological polar surface area (TPSA) is 29.3 Å². The van der Waals surface area contributed by atoms with Gasteiger partial charge in [0, 0.05) is 31.2 Å².